The highest BCUT2D eigenvalue weighted by Crippen LogP contribution is 2.26. The zero-order valence-corrected chi connectivity index (χ0v) is 13.6. The molecule has 2 aromatic carbocycles. The van der Waals surface area contributed by atoms with Crippen LogP contribution in [0.3, 0.4) is 0 Å². The summed E-state index contributed by atoms with van der Waals surface area (Å²) >= 11 is 0. The molecule has 0 saturated carbocycles. The van der Waals surface area contributed by atoms with Crippen molar-refractivity contribution in [1.82, 2.24) is 5.32 Å². The molecule has 2 rings (SSSR count). The van der Waals surface area contributed by atoms with Gasteiger partial charge in [-0.25, -0.2) is 4.79 Å². The van der Waals surface area contributed by atoms with Gasteiger partial charge in [0.05, 0.1) is 11.7 Å². The second kappa shape index (κ2) is 7.81. The zero-order chi connectivity index (χ0) is 18.6. The van der Waals surface area contributed by atoms with Gasteiger partial charge in [0.15, 0.2) is 0 Å². The summed E-state index contributed by atoms with van der Waals surface area (Å²) in [6, 6.07) is 10.0. The summed E-state index contributed by atoms with van der Waals surface area (Å²) in [6.45, 7) is 3.76. The van der Waals surface area contributed by atoms with E-state index in [1.807, 2.05) is 31.2 Å². The van der Waals surface area contributed by atoms with Crippen molar-refractivity contribution in [3.63, 3.8) is 0 Å². The molecular formula is C16H18N4O5-2. The Labute approximate surface area is 144 Å². The van der Waals surface area contributed by atoms with Gasteiger partial charge >= 0.3 is 6.03 Å². The Morgan fingerprint density at radius 3 is 2.24 bits per heavy atom. The molecule has 9 nitrogen and oxygen atoms in total. The van der Waals surface area contributed by atoms with Crippen molar-refractivity contribution in [2.45, 2.75) is 19.9 Å². The lowest BCUT2D eigenvalue weighted by Gasteiger charge is -2.38. The van der Waals surface area contributed by atoms with E-state index in [-0.39, 0.29) is 22.6 Å². The molecule has 4 N–H and O–H groups in total. The molecular weight excluding hydrogens is 328 g/mol. The van der Waals surface area contributed by atoms with E-state index < -0.39 is 16.9 Å². The number of benzene rings is 2. The van der Waals surface area contributed by atoms with Crippen LogP contribution in [0.25, 0.3) is 0 Å². The number of amides is 2. The first-order valence-corrected chi connectivity index (χ1v) is 7.37. The van der Waals surface area contributed by atoms with Gasteiger partial charge in [-0.2, -0.15) is 0 Å². The number of aryl methyl sites for hydroxylation is 1. The molecule has 0 saturated heterocycles. The minimum absolute atomic E-state index is 0.0471. The van der Waals surface area contributed by atoms with E-state index in [4.69, 9.17) is 10.4 Å². The molecule has 2 amide bonds. The highest BCUT2D eigenvalue weighted by molar-refractivity contribution is 5.91. The number of nitrogens with zero attached hydrogens (tertiary/aromatic N) is 2. The number of carbonyl (C=O) groups excluding carboxylic acids is 1. The van der Waals surface area contributed by atoms with Gasteiger partial charge in [-0.15, -0.1) is 5.23 Å². The molecule has 0 spiro atoms. The van der Waals surface area contributed by atoms with Gasteiger partial charge in [0.2, 0.25) is 0 Å². The second-order valence-electron chi connectivity index (χ2n) is 5.52. The molecule has 0 aromatic heterocycles. The summed E-state index contributed by atoms with van der Waals surface area (Å²) < 4.78 is 0. The highest BCUT2D eigenvalue weighted by Gasteiger charge is 2.11. The summed E-state index contributed by atoms with van der Waals surface area (Å²) in [4.78, 5) is 12.1. The van der Waals surface area contributed by atoms with Crippen molar-refractivity contribution >= 4 is 23.1 Å². The molecule has 0 aliphatic heterocycles. The van der Waals surface area contributed by atoms with Gasteiger partial charge < -0.3 is 26.3 Å². The van der Waals surface area contributed by atoms with E-state index in [0.29, 0.717) is 0 Å². The predicted molar refractivity (Wildman–Crippen MR) is 93.5 cm³/mol. The van der Waals surface area contributed by atoms with Crippen molar-refractivity contribution in [2.75, 3.05) is 15.8 Å². The number of hydrogen-bond acceptors (Lipinski definition) is 7. The molecule has 9 heteroatoms. The minimum atomic E-state index is -0.703. The third-order valence-electron chi connectivity index (χ3n) is 3.53. The van der Waals surface area contributed by atoms with Crippen molar-refractivity contribution in [2.24, 2.45) is 0 Å². The summed E-state index contributed by atoms with van der Waals surface area (Å²) in [7, 11) is 0. The normalized spacial score (nSPS) is 11.6. The zero-order valence-electron chi connectivity index (χ0n) is 13.6. The maximum Gasteiger partial charge on any atom is 0.319 e. The molecule has 0 aliphatic rings. The Morgan fingerprint density at radius 1 is 1.08 bits per heavy atom. The van der Waals surface area contributed by atoms with Crippen LogP contribution in [0.4, 0.5) is 21.9 Å². The molecule has 1 atom stereocenters. The van der Waals surface area contributed by atoms with Crippen molar-refractivity contribution in [3.05, 3.63) is 64.0 Å². The Morgan fingerprint density at radius 2 is 1.68 bits per heavy atom. The Bertz CT molecular complexity index is 708. The summed E-state index contributed by atoms with van der Waals surface area (Å²) in [5.41, 5.74) is 1.40. The first-order chi connectivity index (χ1) is 11.8. The van der Waals surface area contributed by atoms with Crippen LogP contribution in [-0.2, 0) is 0 Å². The van der Waals surface area contributed by atoms with E-state index in [9.17, 15) is 15.2 Å². The molecule has 0 heterocycles. The quantitative estimate of drug-likeness (QED) is 0.610. The van der Waals surface area contributed by atoms with Gasteiger partial charge in [0.1, 0.15) is 0 Å². The Kier molecular flexibility index (Phi) is 5.78. The van der Waals surface area contributed by atoms with Gasteiger partial charge in [-0.1, -0.05) is 29.8 Å². The third-order valence-corrected chi connectivity index (χ3v) is 3.53. The van der Waals surface area contributed by atoms with Crippen LogP contribution in [0.2, 0.25) is 0 Å². The van der Waals surface area contributed by atoms with Gasteiger partial charge in [-0.05, 0) is 37.6 Å². The first kappa shape index (κ1) is 18.5. The van der Waals surface area contributed by atoms with Crippen LogP contribution in [0.1, 0.15) is 24.1 Å². The molecule has 2 aromatic rings. The second-order valence-corrected chi connectivity index (χ2v) is 5.52. The van der Waals surface area contributed by atoms with Crippen molar-refractivity contribution in [1.29, 1.82) is 0 Å². The predicted octanol–water partition coefficient (Wildman–Crippen LogP) is 3.26. The smallest absolute Gasteiger partial charge is 0.319 e. The number of urea groups is 1. The average Bonchev–Trinajstić information content (AvgIpc) is 2.54. The standard InChI is InChI=1S/C16H18N4O5/c1-10-3-5-12(6-4-10)11(2)17-16(21)18-13-7-14(19(22)23)9-15(8-13)20(24)25/h3-9,11,22-23H,1-2H3,(H2,17,18,21)/q-2. The largest absolute Gasteiger partial charge is 0.769 e. The summed E-state index contributed by atoms with van der Waals surface area (Å²) in [5.74, 6) is 0. The number of hydrogen-bond donors (Lipinski definition) is 4. The maximum absolute atomic E-state index is 12.1. The lowest BCUT2D eigenvalue weighted by Crippen LogP contribution is -2.31. The van der Waals surface area contributed by atoms with Gasteiger partial charge in [-0.3, -0.25) is 10.4 Å². The summed E-state index contributed by atoms with van der Waals surface area (Å²) in [6.07, 6.45) is 0. The van der Waals surface area contributed by atoms with Crippen molar-refractivity contribution < 1.29 is 15.2 Å². The number of nitrogens with one attached hydrogen (secondary N) is 2. The van der Waals surface area contributed by atoms with Gasteiger partial charge in [0.25, 0.3) is 0 Å². The average molecular weight is 346 g/mol. The highest BCUT2D eigenvalue weighted by atomic mass is 16.8. The van der Waals surface area contributed by atoms with Gasteiger partial charge in [0, 0.05) is 11.4 Å². The molecule has 1 unspecified atom stereocenters. The van der Waals surface area contributed by atoms with E-state index in [2.05, 4.69) is 10.6 Å². The van der Waals surface area contributed by atoms with E-state index in [1.54, 1.807) is 6.92 Å². The maximum atomic E-state index is 12.1. The third kappa shape index (κ3) is 5.06. The van der Waals surface area contributed by atoms with Crippen LogP contribution < -0.4 is 21.1 Å². The first-order valence-electron chi connectivity index (χ1n) is 7.37. The van der Waals surface area contributed by atoms with Crippen LogP contribution in [0, 0.1) is 17.3 Å². The lowest BCUT2D eigenvalue weighted by atomic mass is 10.1. The molecule has 134 valence electrons. The number of carbonyl (C=O) groups is 1. The summed E-state index contributed by atoms with van der Waals surface area (Å²) in [5, 5.41) is 44.1. The molecule has 25 heavy (non-hydrogen) atoms. The number of rotatable bonds is 5. The molecule has 0 bridgehead atoms. The Balaban J connectivity index is 2.10. The van der Waals surface area contributed by atoms with Crippen LogP contribution in [0.15, 0.2) is 42.5 Å². The van der Waals surface area contributed by atoms with Crippen LogP contribution in [0.5, 0.6) is 0 Å². The van der Waals surface area contributed by atoms with E-state index in [0.717, 1.165) is 23.3 Å². The molecule has 0 aliphatic carbocycles. The van der Waals surface area contributed by atoms with Crippen LogP contribution >= 0.6 is 0 Å². The van der Waals surface area contributed by atoms with E-state index in [1.165, 1.54) is 6.07 Å². The SMILES string of the molecule is Cc1ccc(C(C)NC(=O)Nc2cc(N([O-])[O-])cc(N(O)O)c2)cc1. The minimum Gasteiger partial charge on any atom is -0.769 e. The monoisotopic (exact) mass is 346 g/mol. The fraction of sp³-hybridized carbons (Fsp3) is 0.188. The fourth-order valence-corrected chi connectivity index (χ4v) is 2.19. The Hall–Kier alpha value is -2.85. The van der Waals surface area contributed by atoms with Crippen LogP contribution in [-0.4, -0.2) is 16.4 Å². The molecule has 0 fully saturated rings. The van der Waals surface area contributed by atoms with E-state index >= 15 is 0 Å². The lowest BCUT2D eigenvalue weighted by molar-refractivity contribution is 0.0292. The van der Waals surface area contributed by atoms with Crippen molar-refractivity contribution in [3.8, 4) is 0 Å². The molecule has 0 radical (unpaired) electrons. The fourth-order valence-electron chi connectivity index (χ4n) is 2.19. The number of anilines is 3. The topological polar surface area (TPSA) is 134 Å².